The molecule has 1 aliphatic heterocycles. The third-order valence-electron chi connectivity index (χ3n) is 3.83. The number of Topliss-reactive ketones (excluding diaryl/α,β-unsaturated/α-hetero) is 1. The lowest BCUT2D eigenvalue weighted by Gasteiger charge is -2.06. The third-order valence-corrected chi connectivity index (χ3v) is 3.83. The molecule has 5 heteroatoms. The average Bonchev–Trinajstić information content (AvgIpc) is 3.08. The van der Waals surface area contributed by atoms with E-state index < -0.39 is 0 Å². The maximum atomic E-state index is 12.0. The van der Waals surface area contributed by atoms with Gasteiger partial charge in [-0.2, -0.15) is 0 Å². The first kappa shape index (κ1) is 16.1. The molecule has 2 aromatic rings. The van der Waals surface area contributed by atoms with Crippen LogP contribution >= 0.6 is 0 Å². The van der Waals surface area contributed by atoms with Gasteiger partial charge in [-0.3, -0.25) is 9.59 Å². The van der Waals surface area contributed by atoms with Crippen LogP contribution in [0.15, 0.2) is 48.5 Å². The molecule has 1 N–H and O–H groups in total. The van der Waals surface area contributed by atoms with Gasteiger partial charge in [0.15, 0.2) is 17.3 Å². The Morgan fingerprint density at radius 3 is 2.58 bits per heavy atom. The zero-order valence-electron chi connectivity index (χ0n) is 13.3. The summed E-state index contributed by atoms with van der Waals surface area (Å²) in [5.41, 5.74) is 1.64. The first-order chi connectivity index (χ1) is 11.7. The minimum atomic E-state index is -0.0615. The molecule has 0 aromatic heterocycles. The van der Waals surface area contributed by atoms with Gasteiger partial charge in [0.25, 0.3) is 0 Å². The Kier molecular flexibility index (Phi) is 5.11. The normalized spacial score (nSPS) is 12.0. The number of carbonyl (C=O) groups excluding carboxylic acids is 2. The lowest BCUT2D eigenvalue weighted by atomic mass is 10.1. The van der Waals surface area contributed by atoms with Crippen molar-refractivity contribution < 1.29 is 19.1 Å². The molecule has 124 valence electrons. The molecule has 3 rings (SSSR count). The van der Waals surface area contributed by atoms with Crippen molar-refractivity contribution >= 4 is 11.7 Å². The van der Waals surface area contributed by atoms with Gasteiger partial charge in [-0.15, -0.1) is 0 Å². The van der Waals surface area contributed by atoms with Crippen LogP contribution < -0.4 is 14.8 Å². The molecular weight excluding hydrogens is 306 g/mol. The molecule has 1 amide bonds. The fourth-order valence-electron chi connectivity index (χ4n) is 2.52. The second-order valence-electron chi connectivity index (χ2n) is 5.61. The van der Waals surface area contributed by atoms with Crippen molar-refractivity contribution in [3.63, 3.8) is 0 Å². The zero-order valence-corrected chi connectivity index (χ0v) is 13.3. The first-order valence-corrected chi connectivity index (χ1v) is 7.96. The van der Waals surface area contributed by atoms with Gasteiger partial charge in [-0.25, -0.2) is 0 Å². The Hall–Kier alpha value is -2.82. The quantitative estimate of drug-likeness (QED) is 0.795. The van der Waals surface area contributed by atoms with Crippen molar-refractivity contribution in [1.29, 1.82) is 0 Å². The molecule has 0 saturated heterocycles. The van der Waals surface area contributed by atoms with Crippen molar-refractivity contribution in [2.75, 3.05) is 6.79 Å². The SMILES string of the molecule is O=C(CCCC(=O)c1ccccc1)NCc1ccc2c(c1)OCO2. The number of carbonyl (C=O) groups is 2. The standard InChI is InChI=1S/C19H19NO4/c21-16(15-5-2-1-3-6-15)7-4-8-19(22)20-12-14-9-10-17-18(11-14)24-13-23-17/h1-3,5-6,9-11H,4,7-8,12-13H2,(H,20,22). The van der Waals surface area contributed by atoms with Crippen molar-refractivity contribution in [3.05, 3.63) is 59.7 Å². The van der Waals surface area contributed by atoms with Crippen LogP contribution in [0.3, 0.4) is 0 Å². The molecule has 0 spiro atoms. The molecule has 0 unspecified atom stereocenters. The number of nitrogens with one attached hydrogen (secondary N) is 1. The van der Waals surface area contributed by atoms with E-state index in [-0.39, 0.29) is 18.5 Å². The topological polar surface area (TPSA) is 64.6 Å². The van der Waals surface area contributed by atoms with Gasteiger partial charge in [0.05, 0.1) is 0 Å². The molecule has 1 aliphatic rings. The Morgan fingerprint density at radius 1 is 0.958 bits per heavy atom. The summed E-state index contributed by atoms with van der Waals surface area (Å²) in [6.07, 6.45) is 1.26. The van der Waals surface area contributed by atoms with E-state index >= 15 is 0 Å². The van der Waals surface area contributed by atoms with E-state index in [1.807, 2.05) is 36.4 Å². The average molecular weight is 325 g/mol. The van der Waals surface area contributed by atoms with E-state index in [1.54, 1.807) is 12.1 Å². The van der Waals surface area contributed by atoms with Gasteiger partial charge in [0.2, 0.25) is 12.7 Å². The van der Waals surface area contributed by atoms with E-state index in [0.29, 0.717) is 37.1 Å². The van der Waals surface area contributed by atoms with Crippen molar-refractivity contribution in [2.45, 2.75) is 25.8 Å². The van der Waals surface area contributed by atoms with Crippen LogP contribution in [-0.2, 0) is 11.3 Å². The second kappa shape index (κ2) is 7.64. The van der Waals surface area contributed by atoms with Crippen LogP contribution in [0.25, 0.3) is 0 Å². The molecule has 24 heavy (non-hydrogen) atoms. The predicted molar refractivity (Wildman–Crippen MR) is 89.0 cm³/mol. The van der Waals surface area contributed by atoms with Crippen LogP contribution in [0.1, 0.15) is 35.2 Å². The van der Waals surface area contributed by atoms with Crippen LogP contribution in [0.2, 0.25) is 0 Å². The summed E-state index contributed by atoms with van der Waals surface area (Å²) in [6.45, 7) is 0.669. The molecule has 5 nitrogen and oxygen atoms in total. The maximum Gasteiger partial charge on any atom is 0.231 e. The largest absolute Gasteiger partial charge is 0.454 e. The second-order valence-corrected chi connectivity index (χ2v) is 5.61. The summed E-state index contributed by atoms with van der Waals surface area (Å²) in [6, 6.07) is 14.7. The van der Waals surface area contributed by atoms with Crippen molar-refractivity contribution in [2.24, 2.45) is 0 Å². The number of hydrogen-bond acceptors (Lipinski definition) is 4. The van der Waals surface area contributed by atoms with Crippen LogP contribution in [-0.4, -0.2) is 18.5 Å². The number of amides is 1. The van der Waals surface area contributed by atoms with Gasteiger partial charge in [0.1, 0.15) is 0 Å². The summed E-state index contributed by atoms with van der Waals surface area (Å²) in [5.74, 6) is 1.44. The number of hydrogen-bond donors (Lipinski definition) is 1. The Balaban J connectivity index is 1.39. The summed E-state index contributed by atoms with van der Waals surface area (Å²) in [7, 11) is 0. The monoisotopic (exact) mass is 325 g/mol. The number of ether oxygens (including phenoxy) is 2. The van der Waals surface area contributed by atoms with E-state index in [0.717, 1.165) is 11.3 Å². The van der Waals surface area contributed by atoms with Crippen molar-refractivity contribution in [3.8, 4) is 11.5 Å². The summed E-state index contributed by atoms with van der Waals surface area (Å²) in [4.78, 5) is 23.8. The first-order valence-electron chi connectivity index (χ1n) is 7.96. The Bertz CT molecular complexity index is 727. The molecule has 0 radical (unpaired) electrons. The Morgan fingerprint density at radius 2 is 1.75 bits per heavy atom. The highest BCUT2D eigenvalue weighted by Gasteiger charge is 2.13. The van der Waals surface area contributed by atoms with Gasteiger partial charge in [-0.1, -0.05) is 36.4 Å². The van der Waals surface area contributed by atoms with Gasteiger partial charge in [-0.05, 0) is 24.1 Å². The van der Waals surface area contributed by atoms with Crippen LogP contribution in [0.5, 0.6) is 11.5 Å². The summed E-state index contributed by atoms with van der Waals surface area (Å²) in [5, 5.41) is 2.86. The van der Waals surface area contributed by atoms with E-state index in [2.05, 4.69) is 5.32 Å². The molecular formula is C19H19NO4. The highest BCUT2D eigenvalue weighted by molar-refractivity contribution is 5.96. The fourth-order valence-corrected chi connectivity index (χ4v) is 2.52. The van der Waals surface area contributed by atoms with Crippen LogP contribution in [0.4, 0.5) is 0 Å². The van der Waals surface area contributed by atoms with Gasteiger partial charge < -0.3 is 14.8 Å². The molecule has 0 saturated carbocycles. The maximum absolute atomic E-state index is 12.0. The zero-order chi connectivity index (χ0) is 16.8. The van der Waals surface area contributed by atoms with Crippen molar-refractivity contribution in [1.82, 2.24) is 5.32 Å². The number of ketones is 1. The number of benzene rings is 2. The minimum Gasteiger partial charge on any atom is -0.454 e. The van der Waals surface area contributed by atoms with E-state index in [9.17, 15) is 9.59 Å². The van der Waals surface area contributed by atoms with E-state index in [4.69, 9.17) is 9.47 Å². The van der Waals surface area contributed by atoms with E-state index in [1.165, 1.54) is 0 Å². The minimum absolute atomic E-state index is 0.0615. The molecule has 1 heterocycles. The molecule has 0 fully saturated rings. The highest BCUT2D eigenvalue weighted by Crippen LogP contribution is 2.32. The lowest BCUT2D eigenvalue weighted by Crippen LogP contribution is -2.22. The molecule has 0 atom stereocenters. The summed E-state index contributed by atoms with van der Waals surface area (Å²) < 4.78 is 10.6. The highest BCUT2D eigenvalue weighted by atomic mass is 16.7. The van der Waals surface area contributed by atoms with Crippen LogP contribution in [0, 0.1) is 0 Å². The third kappa shape index (κ3) is 4.13. The number of fused-ring (bicyclic) bond motifs is 1. The molecule has 2 aromatic carbocycles. The lowest BCUT2D eigenvalue weighted by molar-refractivity contribution is -0.121. The molecule has 0 bridgehead atoms. The smallest absolute Gasteiger partial charge is 0.231 e. The Labute approximate surface area is 140 Å². The van der Waals surface area contributed by atoms with Gasteiger partial charge >= 0.3 is 0 Å². The predicted octanol–water partition coefficient (Wildman–Crippen LogP) is 3.08. The number of rotatable bonds is 7. The molecule has 0 aliphatic carbocycles. The summed E-state index contributed by atoms with van der Waals surface area (Å²) >= 11 is 0. The fraction of sp³-hybridized carbons (Fsp3) is 0.263. The van der Waals surface area contributed by atoms with Gasteiger partial charge in [0, 0.05) is 24.9 Å².